The van der Waals surface area contributed by atoms with Crippen LogP contribution < -0.4 is 5.32 Å². The van der Waals surface area contributed by atoms with Crippen LogP contribution in [0.2, 0.25) is 5.02 Å². The van der Waals surface area contributed by atoms with E-state index in [-0.39, 0.29) is 0 Å². The molecule has 0 aliphatic carbocycles. The smallest absolute Gasteiger partial charge is 0.0879 e. The number of rotatable bonds is 5. The summed E-state index contributed by atoms with van der Waals surface area (Å²) in [6, 6.07) is 6.47. The van der Waals surface area contributed by atoms with Crippen molar-refractivity contribution >= 4 is 11.6 Å². The Kier molecular flexibility index (Phi) is 5.07. The van der Waals surface area contributed by atoms with Crippen molar-refractivity contribution in [1.82, 2.24) is 15.1 Å². The van der Waals surface area contributed by atoms with Crippen molar-refractivity contribution in [3.05, 3.63) is 45.7 Å². The molecule has 0 amide bonds. The monoisotopic (exact) mass is 305 g/mol. The molecule has 2 rings (SSSR count). The molecule has 0 bridgehead atoms. The topological polar surface area (TPSA) is 29.9 Å². The van der Waals surface area contributed by atoms with E-state index in [4.69, 9.17) is 16.7 Å². The van der Waals surface area contributed by atoms with Crippen LogP contribution in [0.1, 0.15) is 43.3 Å². The van der Waals surface area contributed by atoms with Crippen LogP contribution >= 0.6 is 11.6 Å². The van der Waals surface area contributed by atoms with E-state index in [1.54, 1.807) is 0 Å². The number of aryl methyl sites for hydroxylation is 1. The molecule has 0 spiro atoms. The summed E-state index contributed by atoms with van der Waals surface area (Å²) in [4.78, 5) is 0. The van der Waals surface area contributed by atoms with Gasteiger partial charge in [-0.2, -0.15) is 5.10 Å². The Morgan fingerprint density at radius 1 is 1.29 bits per heavy atom. The molecule has 0 radical (unpaired) electrons. The van der Waals surface area contributed by atoms with E-state index in [2.05, 4.69) is 46.0 Å². The minimum absolute atomic E-state index is 0.434. The highest BCUT2D eigenvalue weighted by Gasteiger charge is 2.16. The second-order valence-electron chi connectivity index (χ2n) is 5.70. The maximum atomic E-state index is 6.47. The maximum Gasteiger partial charge on any atom is 0.0879 e. The summed E-state index contributed by atoms with van der Waals surface area (Å²) < 4.78 is 1.99. The molecule has 114 valence electrons. The molecule has 3 nitrogen and oxygen atoms in total. The minimum atomic E-state index is 0.434. The molecule has 1 aromatic heterocycles. The first-order chi connectivity index (χ1) is 9.95. The summed E-state index contributed by atoms with van der Waals surface area (Å²) in [5, 5.41) is 8.90. The fourth-order valence-electron chi connectivity index (χ4n) is 2.66. The molecule has 0 unspecified atom stereocenters. The average Bonchev–Trinajstić information content (AvgIpc) is 2.71. The molecule has 0 atom stereocenters. The number of halogens is 1. The third kappa shape index (κ3) is 3.30. The molecule has 21 heavy (non-hydrogen) atoms. The predicted molar refractivity (Wildman–Crippen MR) is 89.4 cm³/mol. The summed E-state index contributed by atoms with van der Waals surface area (Å²) in [7, 11) is 0. The number of hydrogen-bond donors (Lipinski definition) is 1. The van der Waals surface area contributed by atoms with Crippen molar-refractivity contribution in [1.29, 1.82) is 0 Å². The zero-order chi connectivity index (χ0) is 15.6. The predicted octanol–water partition coefficient (Wildman–Crippen LogP) is 4.20. The normalized spacial score (nSPS) is 11.4. The van der Waals surface area contributed by atoms with E-state index in [0.717, 1.165) is 29.4 Å². The molecule has 0 saturated carbocycles. The second-order valence-corrected chi connectivity index (χ2v) is 6.11. The molecule has 0 saturated heterocycles. The second kappa shape index (κ2) is 6.63. The Bertz CT molecular complexity index is 629. The summed E-state index contributed by atoms with van der Waals surface area (Å²) >= 11 is 6.47. The van der Waals surface area contributed by atoms with E-state index in [1.165, 1.54) is 16.8 Å². The molecule has 1 heterocycles. The van der Waals surface area contributed by atoms with Crippen LogP contribution in [-0.2, 0) is 13.0 Å². The molecule has 2 aromatic rings. The van der Waals surface area contributed by atoms with Gasteiger partial charge in [0.25, 0.3) is 0 Å². The highest BCUT2D eigenvalue weighted by atomic mass is 35.5. The summed E-state index contributed by atoms with van der Waals surface area (Å²) in [5.41, 5.74) is 5.72. The first-order valence-electron chi connectivity index (χ1n) is 7.51. The SMILES string of the molecule is CCc1c(C)nn(-c2c(Cl)cccc2CNC(C)C)c1C. The van der Waals surface area contributed by atoms with Gasteiger partial charge in [0.15, 0.2) is 0 Å². The highest BCUT2D eigenvalue weighted by Crippen LogP contribution is 2.27. The minimum Gasteiger partial charge on any atom is -0.310 e. The lowest BCUT2D eigenvalue weighted by Crippen LogP contribution is -2.23. The van der Waals surface area contributed by atoms with Crippen LogP contribution in [0.15, 0.2) is 18.2 Å². The molecule has 4 heteroatoms. The quantitative estimate of drug-likeness (QED) is 0.897. The lowest BCUT2D eigenvalue weighted by Gasteiger charge is -2.15. The summed E-state index contributed by atoms with van der Waals surface area (Å²) in [6.07, 6.45) is 0.988. The van der Waals surface area contributed by atoms with Crippen molar-refractivity contribution in [3.63, 3.8) is 0 Å². The van der Waals surface area contributed by atoms with E-state index >= 15 is 0 Å². The molecular formula is C17H24ClN3. The molecule has 0 aliphatic rings. The Morgan fingerprint density at radius 3 is 2.57 bits per heavy atom. The zero-order valence-electron chi connectivity index (χ0n) is 13.5. The Labute approximate surface area is 132 Å². The Morgan fingerprint density at radius 2 is 2.00 bits per heavy atom. The fraction of sp³-hybridized carbons (Fsp3) is 0.471. The van der Waals surface area contributed by atoms with Crippen LogP contribution in [0.3, 0.4) is 0 Å². The first-order valence-corrected chi connectivity index (χ1v) is 7.89. The first kappa shape index (κ1) is 16.1. The van der Waals surface area contributed by atoms with Gasteiger partial charge in [-0.1, -0.05) is 44.5 Å². The highest BCUT2D eigenvalue weighted by molar-refractivity contribution is 6.32. The number of nitrogens with one attached hydrogen (secondary N) is 1. The Hall–Kier alpha value is -1.32. The molecule has 1 N–H and O–H groups in total. The van der Waals surface area contributed by atoms with Crippen LogP contribution in [0.25, 0.3) is 5.69 Å². The summed E-state index contributed by atoms with van der Waals surface area (Å²) in [5.74, 6) is 0. The molecule has 0 aliphatic heterocycles. The van der Waals surface area contributed by atoms with Gasteiger partial charge in [-0.25, -0.2) is 4.68 Å². The van der Waals surface area contributed by atoms with Gasteiger partial charge in [0.05, 0.1) is 16.4 Å². The van der Waals surface area contributed by atoms with Gasteiger partial charge in [-0.05, 0) is 37.5 Å². The van der Waals surface area contributed by atoms with Crippen molar-refractivity contribution in [3.8, 4) is 5.69 Å². The lowest BCUT2D eigenvalue weighted by atomic mass is 10.1. The molecular weight excluding hydrogens is 282 g/mol. The van der Waals surface area contributed by atoms with Crippen molar-refractivity contribution in [2.75, 3.05) is 0 Å². The van der Waals surface area contributed by atoms with Gasteiger partial charge in [0.2, 0.25) is 0 Å². The van der Waals surface area contributed by atoms with Gasteiger partial charge in [0, 0.05) is 18.3 Å². The maximum absolute atomic E-state index is 6.47. The average molecular weight is 306 g/mol. The van der Waals surface area contributed by atoms with Gasteiger partial charge in [-0.3, -0.25) is 0 Å². The lowest BCUT2D eigenvalue weighted by molar-refractivity contribution is 0.586. The fourth-order valence-corrected chi connectivity index (χ4v) is 2.93. The van der Waals surface area contributed by atoms with Crippen LogP contribution in [0.4, 0.5) is 0 Å². The number of aromatic nitrogens is 2. The number of nitrogens with zero attached hydrogens (tertiary/aromatic N) is 2. The van der Waals surface area contributed by atoms with E-state index in [1.807, 2.05) is 16.8 Å². The van der Waals surface area contributed by atoms with Crippen LogP contribution in [-0.4, -0.2) is 15.8 Å². The number of benzene rings is 1. The number of para-hydroxylation sites is 1. The van der Waals surface area contributed by atoms with Gasteiger partial charge < -0.3 is 5.32 Å². The van der Waals surface area contributed by atoms with Gasteiger partial charge in [0.1, 0.15) is 0 Å². The van der Waals surface area contributed by atoms with Gasteiger partial charge in [-0.15, -0.1) is 0 Å². The van der Waals surface area contributed by atoms with E-state index in [9.17, 15) is 0 Å². The molecule has 1 aromatic carbocycles. The van der Waals surface area contributed by atoms with Gasteiger partial charge >= 0.3 is 0 Å². The zero-order valence-corrected chi connectivity index (χ0v) is 14.3. The van der Waals surface area contributed by atoms with Crippen LogP contribution in [0.5, 0.6) is 0 Å². The van der Waals surface area contributed by atoms with Crippen LogP contribution in [0, 0.1) is 13.8 Å². The number of hydrogen-bond acceptors (Lipinski definition) is 2. The van der Waals surface area contributed by atoms with Crippen molar-refractivity contribution in [2.24, 2.45) is 0 Å². The molecule has 0 fully saturated rings. The summed E-state index contributed by atoms with van der Waals surface area (Å²) in [6.45, 7) is 11.4. The third-order valence-corrected chi connectivity index (χ3v) is 4.08. The van der Waals surface area contributed by atoms with E-state index < -0.39 is 0 Å². The van der Waals surface area contributed by atoms with Crippen molar-refractivity contribution < 1.29 is 0 Å². The Balaban J connectivity index is 2.52. The standard InChI is InChI=1S/C17H24ClN3/c1-6-15-12(4)20-21(13(15)5)17-14(10-19-11(2)3)8-7-9-16(17)18/h7-9,11,19H,6,10H2,1-5H3. The largest absolute Gasteiger partial charge is 0.310 e. The van der Waals surface area contributed by atoms with E-state index in [0.29, 0.717) is 6.04 Å². The third-order valence-electron chi connectivity index (χ3n) is 3.78. The van der Waals surface area contributed by atoms with Crippen molar-refractivity contribution in [2.45, 2.75) is 53.6 Å².